The number of amides is 3. The number of nitrogens with zero attached hydrogens (tertiary/aromatic N) is 1. The first-order chi connectivity index (χ1) is 11.1. The summed E-state index contributed by atoms with van der Waals surface area (Å²) in [5, 5.41) is 6.40. The summed E-state index contributed by atoms with van der Waals surface area (Å²) in [6.45, 7) is 2.04. The molecule has 3 amide bonds. The molecule has 0 saturated carbocycles. The van der Waals surface area contributed by atoms with E-state index >= 15 is 0 Å². The second kappa shape index (κ2) is 9.67. The molecule has 5 nitrogen and oxygen atoms in total. The van der Waals surface area contributed by atoms with Gasteiger partial charge in [-0.15, -0.1) is 0 Å². The molecule has 0 spiro atoms. The second-order valence-corrected chi connectivity index (χ2v) is 6.93. The molecule has 0 radical (unpaired) electrons. The fourth-order valence-electron chi connectivity index (χ4n) is 2.23. The van der Waals surface area contributed by atoms with Crippen molar-refractivity contribution >= 4 is 35.3 Å². The lowest BCUT2D eigenvalue weighted by Gasteiger charge is -2.19. The third kappa shape index (κ3) is 6.71. The van der Waals surface area contributed by atoms with Gasteiger partial charge in [0.05, 0.1) is 0 Å². The van der Waals surface area contributed by atoms with Gasteiger partial charge in [0.2, 0.25) is 5.91 Å². The van der Waals surface area contributed by atoms with E-state index in [1.807, 2.05) is 36.0 Å². The Morgan fingerprint density at radius 2 is 2.13 bits per heavy atom. The summed E-state index contributed by atoms with van der Waals surface area (Å²) >= 11 is 7.68. The molecule has 7 heteroatoms. The summed E-state index contributed by atoms with van der Waals surface area (Å²) < 4.78 is 0. The van der Waals surface area contributed by atoms with Crippen LogP contribution in [-0.2, 0) is 10.5 Å². The van der Waals surface area contributed by atoms with Crippen molar-refractivity contribution in [3.8, 4) is 0 Å². The summed E-state index contributed by atoms with van der Waals surface area (Å²) in [5.41, 5.74) is 1.25. The number of halogens is 1. The Hall–Kier alpha value is -1.40. The van der Waals surface area contributed by atoms with Gasteiger partial charge in [-0.1, -0.05) is 23.7 Å². The van der Waals surface area contributed by atoms with E-state index < -0.39 is 0 Å². The highest BCUT2D eigenvalue weighted by atomic mass is 35.5. The Balaban J connectivity index is 1.56. The van der Waals surface area contributed by atoms with E-state index in [4.69, 9.17) is 11.6 Å². The van der Waals surface area contributed by atoms with Crippen LogP contribution in [0.1, 0.15) is 18.4 Å². The van der Waals surface area contributed by atoms with Crippen molar-refractivity contribution in [1.82, 2.24) is 15.5 Å². The van der Waals surface area contributed by atoms with Crippen molar-refractivity contribution < 1.29 is 9.59 Å². The van der Waals surface area contributed by atoms with Crippen molar-refractivity contribution in [2.45, 2.75) is 18.6 Å². The van der Waals surface area contributed by atoms with Crippen LogP contribution in [0.4, 0.5) is 4.79 Å². The first-order valence-corrected chi connectivity index (χ1v) is 9.30. The summed E-state index contributed by atoms with van der Waals surface area (Å²) in [6, 6.07) is 7.71. The molecule has 0 unspecified atom stereocenters. The van der Waals surface area contributed by atoms with Gasteiger partial charge in [-0.05, 0) is 36.3 Å². The molecular weight excluding hydrogens is 334 g/mol. The zero-order valence-electron chi connectivity index (χ0n) is 13.0. The average Bonchev–Trinajstić information content (AvgIpc) is 2.77. The number of urea groups is 1. The average molecular weight is 356 g/mol. The number of rotatable bonds is 6. The lowest BCUT2D eigenvalue weighted by atomic mass is 10.2. The highest BCUT2D eigenvalue weighted by Crippen LogP contribution is 2.15. The lowest BCUT2D eigenvalue weighted by molar-refractivity contribution is -0.121. The van der Waals surface area contributed by atoms with Gasteiger partial charge in [0.15, 0.2) is 0 Å². The minimum absolute atomic E-state index is 0.0869. The molecule has 1 fully saturated rings. The molecule has 1 aromatic rings. The molecule has 0 bridgehead atoms. The Bertz CT molecular complexity index is 525. The molecule has 2 N–H and O–H groups in total. The van der Waals surface area contributed by atoms with Gasteiger partial charge in [0, 0.05) is 30.4 Å². The standard InChI is InChI=1S/C16H22ClN3O2S/c17-14-5-3-13(4-6-14)12-23-10-2-8-19-16(22)20-9-1-7-18-15(21)11-20/h3-6H,1-2,7-12H2,(H,18,21)(H,19,22). The molecular formula is C16H22ClN3O2S. The van der Waals surface area contributed by atoms with Crippen LogP contribution in [0.15, 0.2) is 24.3 Å². The predicted molar refractivity (Wildman–Crippen MR) is 94.8 cm³/mol. The van der Waals surface area contributed by atoms with E-state index in [0.717, 1.165) is 29.4 Å². The lowest BCUT2D eigenvalue weighted by Crippen LogP contribution is -2.43. The highest BCUT2D eigenvalue weighted by molar-refractivity contribution is 7.98. The van der Waals surface area contributed by atoms with Crippen LogP contribution in [0.25, 0.3) is 0 Å². The summed E-state index contributed by atoms with van der Waals surface area (Å²) in [4.78, 5) is 25.0. The quantitative estimate of drug-likeness (QED) is 0.771. The molecule has 1 heterocycles. The smallest absolute Gasteiger partial charge is 0.317 e. The Kier molecular flexibility index (Phi) is 7.55. The number of nitrogens with one attached hydrogen (secondary N) is 2. The van der Waals surface area contributed by atoms with Crippen LogP contribution in [0.3, 0.4) is 0 Å². The fraction of sp³-hybridized carbons (Fsp3) is 0.500. The number of benzene rings is 1. The molecule has 1 saturated heterocycles. The molecule has 1 aromatic carbocycles. The van der Waals surface area contributed by atoms with Crippen molar-refractivity contribution in [2.75, 3.05) is 31.9 Å². The monoisotopic (exact) mass is 355 g/mol. The van der Waals surface area contributed by atoms with Crippen LogP contribution in [-0.4, -0.2) is 48.8 Å². The van der Waals surface area contributed by atoms with Crippen molar-refractivity contribution in [3.63, 3.8) is 0 Å². The maximum Gasteiger partial charge on any atom is 0.317 e. The van der Waals surface area contributed by atoms with Crippen LogP contribution in [0.2, 0.25) is 5.02 Å². The Labute approximate surface area is 146 Å². The molecule has 126 valence electrons. The van der Waals surface area contributed by atoms with Gasteiger partial charge in [0.25, 0.3) is 0 Å². The maximum absolute atomic E-state index is 12.0. The molecule has 0 atom stereocenters. The van der Waals surface area contributed by atoms with Crippen LogP contribution < -0.4 is 10.6 Å². The number of thioether (sulfide) groups is 1. The van der Waals surface area contributed by atoms with Gasteiger partial charge >= 0.3 is 6.03 Å². The second-order valence-electron chi connectivity index (χ2n) is 5.39. The van der Waals surface area contributed by atoms with E-state index in [1.54, 1.807) is 4.90 Å². The summed E-state index contributed by atoms with van der Waals surface area (Å²) in [7, 11) is 0. The first-order valence-electron chi connectivity index (χ1n) is 7.77. The van der Waals surface area contributed by atoms with E-state index in [-0.39, 0.29) is 18.5 Å². The molecule has 1 aliphatic rings. The van der Waals surface area contributed by atoms with Gasteiger partial charge in [-0.25, -0.2) is 4.79 Å². The predicted octanol–water partition coefficient (Wildman–Crippen LogP) is 2.49. The normalized spacial score (nSPS) is 15.0. The number of hydrogen-bond donors (Lipinski definition) is 2. The third-order valence-electron chi connectivity index (χ3n) is 3.47. The fourth-order valence-corrected chi connectivity index (χ4v) is 3.28. The summed E-state index contributed by atoms with van der Waals surface area (Å²) in [5.74, 6) is 1.83. The molecule has 2 rings (SSSR count). The van der Waals surface area contributed by atoms with Crippen LogP contribution in [0.5, 0.6) is 0 Å². The summed E-state index contributed by atoms with van der Waals surface area (Å²) in [6.07, 6.45) is 1.71. The molecule has 0 aliphatic carbocycles. The van der Waals surface area contributed by atoms with Crippen molar-refractivity contribution in [2.24, 2.45) is 0 Å². The minimum Gasteiger partial charge on any atom is -0.354 e. The minimum atomic E-state index is -0.148. The third-order valence-corrected chi connectivity index (χ3v) is 4.84. The zero-order chi connectivity index (χ0) is 16.5. The highest BCUT2D eigenvalue weighted by Gasteiger charge is 2.18. The number of carbonyl (C=O) groups excluding carboxylic acids is 2. The van der Waals surface area contributed by atoms with Crippen molar-refractivity contribution in [1.29, 1.82) is 0 Å². The zero-order valence-corrected chi connectivity index (χ0v) is 14.6. The van der Waals surface area contributed by atoms with E-state index in [9.17, 15) is 9.59 Å². The number of carbonyl (C=O) groups is 2. The van der Waals surface area contributed by atoms with E-state index in [1.165, 1.54) is 5.56 Å². The van der Waals surface area contributed by atoms with Gasteiger partial charge in [-0.3, -0.25) is 4.79 Å². The molecule has 23 heavy (non-hydrogen) atoms. The molecule has 1 aliphatic heterocycles. The topological polar surface area (TPSA) is 61.4 Å². The molecule has 0 aromatic heterocycles. The van der Waals surface area contributed by atoms with E-state index in [2.05, 4.69) is 10.6 Å². The first kappa shape index (κ1) is 17.9. The van der Waals surface area contributed by atoms with Gasteiger partial charge in [-0.2, -0.15) is 11.8 Å². The van der Waals surface area contributed by atoms with Crippen LogP contribution >= 0.6 is 23.4 Å². The van der Waals surface area contributed by atoms with Gasteiger partial charge in [0.1, 0.15) is 6.54 Å². The van der Waals surface area contributed by atoms with Gasteiger partial charge < -0.3 is 15.5 Å². The van der Waals surface area contributed by atoms with Crippen molar-refractivity contribution in [3.05, 3.63) is 34.9 Å². The van der Waals surface area contributed by atoms with E-state index in [0.29, 0.717) is 19.6 Å². The van der Waals surface area contributed by atoms with Crippen LogP contribution in [0, 0.1) is 0 Å². The SMILES string of the molecule is O=C1CN(C(=O)NCCCSCc2ccc(Cl)cc2)CCCN1. The maximum atomic E-state index is 12.0. The Morgan fingerprint density at radius 1 is 1.35 bits per heavy atom. The Morgan fingerprint density at radius 3 is 2.91 bits per heavy atom. The number of hydrogen-bond acceptors (Lipinski definition) is 3. The largest absolute Gasteiger partial charge is 0.354 e.